The third kappa shape index (κ3) is 5.34. The maximum atomic E-state index is 12.3. The van der Waals surface area contributed by atoms with Gasteiger partial charge in [0, 0.05) is 26.7 Å². The summed E-state index contributed by atoms with van der Waals surface area (Å²) in [5, 5.41) is 3.19. The predicted octanol–water partition coefficient (Wildman–Crippen LogP) is 2.40. The number of nitrogens with one attached hydrogen (secondary N) is 1. The quantitative estimate of drug-likeness (QED) is 0.710. The zero-order valence-electron chi connectivity index (χ0n) is 13.0. The van der Waals surface area contributed by atoms with E-state index in [0.29, 0.717) is 18.8 Å². The van der Waals surface area contributed by atoms with E-state index in [1.165, 1.54) is 12.8 Å². The summed E-state index contributed by atoms with van der Waals surface area (Å²) in [6, 6.07) is 5.49. The van der Waals surface area contributed by atoms with Crippen molar-refractivity contribution in [1.82, 2.24) is 9.88 Å². The molecule has 5 nitrogen and oxygen atoms in total. The highest BCUT2D eigenvalue weighted by atomic mass is 16.5. The van der Waals surface area contributed by atoms with Gasteiger partial charge in [-0.05, 0) is 37.3 Å². The number of carbonyl (C=O) groups excluding carboxylic acids is 1. The third-order valence-electron chi connectivity index (χ3n) is 3.49. The summed E-state index contributed by atoms with van der Waals surface area (Å²) < 4.78 is 5.56. The zero-order valence-corrected chi connectivity index (χ0v) is 13.0. The number of likely N-dealkylation sites (N-methyl/N-ethyl adjacent to an activating group) is 1. The molecule has 2 rings (SSSR count). The van der Waals surface area contributed by atoms with Crippen LogP contribution in [-0.4, -0.2) is 49.1 Å². The number of pyridine rings is 1. The van der Waals surface area contributed by atoms with Crippen LogP contribution in [0.3, 0.4) is 0 Å². The number of ether oxygens (including phenoxy) is 1. The third-order valence-corrected chi connectivity index (χ3v) is 3.49. The van der Waals surface area contributed by atoms with Crippen LogP contribution in [0, 0.1) is 5.92 Å². The van der Waals surface area contributed by atoms with E-state index in [2.05, 4.69) is 17.2 Å². The fourth-order valence-electron chi connectivity index (χ4n) is 1.94. The molecule has 1 aliphatic carbocycles. The topological polar surface area (TPSA) is 54.5 Å². The van der Waals surface area contributed by atoms with Gasteiger partial charge < -0.3 is 15.0 Å². The molecule has 21 heavy (non-hydrogen) atoms. The monoisotopic (exact) mass is 291 g/mol. The number of rotatable bonds is 9. The highest BCUT2D eigenvalue weighted by molar-refractivity contribution is 5.92. The molecule has 1 aromatic heterocycles. The Hall–Kier alpha value is -1.62. The minimum absolute atomic E-state index is 0.0647. The number of hydrogen-bond acceptors (Lipinski definition) is 4. The van der Waals surface area contributed by atoms with Gasteiger partial charge in [-0.3, -0.25) is 4.79 Å². The second-order valence-corrected chi connectivity index (χ2v) is 5.58. The van der Waals surface area contributed by atoms with Crippen molar-refractivity contribution < 1.29 is 9.53 Å². The Labute approximate surface area is 126 Å². The fraction of sp³-hybridized carbons (Fsp3) is 0.625. The van der Waals surface area contributed by atoms with Crippen molar-refractivity contribution in [3.8, 4) is 0 Å². The molecule has 0 bridgehead atoms. The molecule has 116 valence electrons. The van der Waals surface area contributed by atoms with Crippen LogP contribution in [0.2, 0.25) is 0 Å². The average Bonchev–Trinajstić information content (AvgIpc) is 3.33. The first-order valence-corrected chi connectivity index (χ1v) is 7.75. The molecule has 0 saturated heterocycles. The van der Waals surface area contributed by atoms with Crippen molar-refractivity contribution >= 4 is 11.7 Å². The van der Waals surface area contributed by atoms with Crippen LogP contribution in [0.15, 0.2) is 18.2 Å². The molecule has 1 aromatic rings. The van der Waals surface area contributed by atoms with E-state index in [1.54, 1.807) is 18.0 Å². The first-order valence-electron chi connectivity index (χ1n) is 7.75. The number of hydrogen-bond donors (Lipinski definition) is 1. The molecule has 5 heteroatoms. The lowest BCUT2D eigenvalue weighted by Gasteiger charge is -2.17. The molecule has 0 aliphatic heterocycles. The van der Waals surface area contributed by atoms with Crippen LogP contribution >= 0.6 is 0 Å². The summed E-state index contributed by atoms with van der Waals surface area (Å²) in [6.07, 6.45) is 3.60. The van der Waals surface area contributed by atoms with Gasteiger partial charge >= 0.3 is 0 Å². The van der Waals surface area contributed by atoms with Gasteiger partial charge in [-0.1, -0.05) is 13.0 Å². The van der Waals surface area contributed by atoms with Gasteiger partial charge in [-0.2, -0.15) is 0 Å². The summed E-state index contributed by atoms with van der Waals surface area (Å²) in [5.74, 6) is 1.44. The Morgan fingerprint density at radius 1 is 1.48 bits per heavy atom. The lowest BCUT2D eigenvalue weighted by Crippen LogP contribution is -2.31. The Morgan fingerprint density at radius 2 is 2.29 bits per heavy atom. The lowest BCUT2D eigenvalue weighted by atomic mass is 10.3. The Kier molecular flexibility index (Phi) is 5.99. The van der Waals surface area contributed by atoms with E-state index in [1.807, 2.05) is 12.1 Å². The van der Waals surface area contributed by atoms with Gasteiger partial charge in [0.2, 0.25) is 0 Å². The highest BCUT2D eigenvalue weighted by Crippen LogP contribution is 2.28. The van der Waals surface area contributed by atoms with Gasteiger partial charge in [0.1, 0.15) is 11.5 Å². The molecule has 1 fully saturated rings. The summed E-state index contributed by atoms with van der Waals surface area (Å²) in [4.78, 5) is 18.3. The van der Waals surface area contributed by atoms with E-state index in [9.17, 15) is 4.79 Å². The first-order chi connectivity index (χ1) is 10.2. The minimum atomic E-state index is -0.0647. The Bertz CT molecular complexity index is 461. The number of anilines is 1. The lowest BCUT2D eigenvalue weighted by molar-refractivity contribution is 0.0676. The van der Waals surface area contributed by atoms with Gasteiger partial charge in [-0.25, -0.2) is 4.98 Å². The smallest absolute Gasteiger partial charge is 0.272 e. The summed E-state index contributed by atoms with van der Waals surface area (Å²) in [7, 11) is 1.79. The average molecular weight is 291 g/mol. The minimum Gasteiger partial charge on any atom is -0.379 e. The molecule has 1 saturated carbocycles. The van der Waals surface area contributed by atoms with Gasteiger partial charge in [0.25, 0.3) is 5.91 Å². The maximum absolute atomic E-state index is 12.3. The predicted molar refractivity (Wildman–Crippen MR) is 83.5 cm³/mol. The maximum Gasteiger partial charge on any atom is 0.272 e. The van der Waals surface area contributed by atoms with Crippen molar-refractivity contribution in [2.24, 2.45) is 5.92 Å². The molecule has 0 atom stereocenters. The van der Waals surface area contributed by atoms with E-state index < -0.39 is 0 Å². The van der Waals surface area contributed by atoms with Crippen molar-refractivity contribution in [2.45, 2.75) is 26.2 Å². The Balaban J connectivity index is 1.79. The second kappa shape index (κ2) is 7.98. The molecular formula is C16H25N3O2. The van der Waals surface area contributed by atoms with Crippen molar-refractivity contribution in [3.05, 3.63) is 23.9 Å². The van der Waals surface area contributed by atoms with Crippen LogP contribution < -0.4 is 5.32 Å². The number of amides is 1. The van der Waals surface area contributed by atoms with Crippen molar-refractivity contribution in [1.29, 1.82) is 0 Å². The molecule has 0 unspecified atom stereocenters. The summed E-state index contributed by atoms with van der Waals surface area (Å²) in [6.45, 7) is 4.97. The molecular weight excluding hydrogens is 266 g/mol. The molecule has 1 aliphatic rings. The van der Waals surface area contributed by atoms with Crippen LogP contribution in [-0.2, 0) is 4.74 Å². The number of aromatic nitrogens is 1. The zero-order chi connectivity index (χ0) is 15.1. The standard InChI is InChI=1S/C16H25N3O2/c1-3-9-17-15-6-4-5-14(18-15)16(20)19(2)10-11-21-12-13-7-8-13/h4-6,13H,3,7-12H2,1-2H3,(H,17,18). The van der Waals surface area contributed by atoms with Gasteiger partial charge in [0.05, 0.1) is 6.61 Å². The normalized spacial score (nSPS) is 14.0. The van der Waals surface area contributed by atoms with Crippen LogP contribution in [0.1, 0.15) is 36.7 Å². The van der Waals surface area contributed by atoms with Crippen LogP contribution in [0.25, 0.3) is 0 Å². The molecule has 1 N–H and O–H groups in total. The van der Waals surface area contributed by atoms with E-state index in [0.717, 1.165) is 31.3 Å². The largest absolute Gasteiger partial charge is 0.379 e. The number of nitrogens with zero attached hydrogens (tertiary/aromatic N) is 2. The van der Waals surface area contributed by atoms with Gasteiger partial charge in [0.15, 0.2) is 0 Å². The van der Waals surface area contributed by atoms with Gasteiger partial charge in [-0.15, -0.1) is 0 Å². The van der Waals surface area contributed by atoms with E-state index >= 15 is 0 Å². The first kappa shape index (κ1) is 15.8. The van der Waals surface area contributed by atoms with Crippen molar-refractivity contribution in [2.75, 3.05) is 38.7 Å². The molecule has 1 amide bonds. The molecule has 0 aromatic carbocycles. The SMILES string of the molecule is CCCNc1cccc(C(=O)N(C)CCOCC2CC2)n1. The van der Waals surface area contributed by atoms with Crippen molar-refractivity contribution in [3.63, 3.8) is 0 Å². The summed E-state index contributed by atoms with van der Waals surface area (Å²) >= 11 is 0. The molecule has 1 heterocycles. The van der Waals surface area contributed by atoms with Crippen LogP contribution in [0.4, 0.5) is 5.82 Å². The Morgan fingerprint density at radius 3 is 3.00 bits per heavy atom. The molecule has 0 radical (unpaired) electrons. The number of carbonyl (C=O) groups is 1. The van der Waals surface area contributed by atoms with E-state index in [-0.39, 0.29) is 5.91 Å². The fourth-order valence-corrected chi connectivity index (χ4v) is 1.94. The second-order valence-electron chi connectivity index (χ2n) is 5.58. The highest BCUT2D eigenvalue weighted by Gasteiger charge is 2.21. The molecule has 0 spiro atoms. The summed E-state index contributed by atoms with van der Waals surface area (Å²) in [5.41, 5.74) is 0.473. The van der Waals surface area contributed by atoms with E-state index in [4.69, 9.17) is 4.74 Å². The van der Waals surface area contributed by atoms with Crippen LogP contribution in [0.5, 0.6) is 0 Å².